The molecule has 0 aliphatic heterocycles. The molecule has 2 aromatic rings. The number of hydrogen-bond acceptors (Lipinski definition) is 3. The van der Waals surface area contributed by atoms with Crippen LogP contribution in [0.3, 0.4) is 0 Å². The molecule has 1 amide bonds. The Kier molecular flexibility index (Phi) is 5.46. The molecule has 4 nitrogen and oxygen atoms in total. The topological polar surface area (TPSA) is 47.6 Å². The quantitative estimate of drug-likeness (QED) is 0.916. The van der Waals surface area contributed by atoms with Crippen molar-refractivity contribution in [3.63, 3.8) is 0 Å². The van der Waals surface area contributed by atoms with Crippen molar-refractivity contribution in [2.24, 2.45) is 0 Å². The molecule has 2 aromatic carbocycles. The molecule has 0 aliphatic rings. The molecule has 0 heterocycles. The summed E-state index contributed by atoms with van der Waals surface area (Å²) in [5.41, 5.74) is 1.11. The van der Waals surface area contributed by atoms with Crippen LogP contribution in [0.25, 0.3) is 0 Å². The minimum atomic E-state index is -0.481. The molecule has 0 bridgehead atoms. The van der Waals surface area contributed by atoms with Gasteiger partial charge >= 0.3 is 6.09 Å². The van der Waals surface area contributed by atoms with Crippen LogP contribution >= 0.6 is 11.6 Å². The van der Waals surface area contributed by atoms with Gasteiger partial charge in [0.05, 0.1) is 7.11 Å². The van der Waals surface area contributed by atoms with Gasteiger partial charge in [-0.15, -0.1) is 0 Å². The van der Waals surface area contributed by atoms with Gasteiger partial charge in [-0.2, -0.15) is 0 Å². The van der Waals surface area contributed by atoms with Crippen LogP contribution in [0.4, 0.5) is 4.79 Å². The maximum Gasteiger partial charge on any atom is 0.412 e. The summed E-state index contributed by atoms with van der Waals surface area (Å²) in [6.45, 7) is 0.499. The Balaban J connectivity index is 1.74. The lowest BCUT2D eigenvalue weighted by Crippen LogP contribution is -2.28. The lowest BCUT2D eigenvalue weighted by Gasteiger charge is -2.07. The van der Waals surface area contributed by atoms with Crippen molar-refractivity contribution in [2.45, 2.75) is 6.42 Å². The highest BCUT2D eigenvalue weighted by Crippen LogP contribution is 2.15. The molecule has 0 spiro atoms. The second-order valence-corrected chi connectivity index (χ2v) is 4.80. The van der Waals surface area contributed by atoms with E-state index in [1.54, 1.807) is 31.4 Å². The van der Waals surface area contributed by atoms with Crippen LogP contribution in [-0.4, -0.2) is 19.7 Å². The van der Waals surface area contributed by atoms with Gasteiger partial charge in [0.15, 0.2) is 0 Å². The van der Waals surface area contributed by atoms with E-state index in [-0.39, 0.29) is 0 Å². The molecular formula is C16H16ClNO3. The Morgan fingerprint density at radius 2 is 1.67 bits per heavy atom. The van der Waals surface area contributed by atoms with Crippen LogP contribution in [0.2, 0.25) is 5.02 Å². The maximum atomic E-state index is 11.6. The van der Waals surface area contributed by atoms with Crippen LogP contribution in [-0.2, 0) is 6.42 Å². The number of hydrogen-bond donors (Lipinski definition) is 1. The zero-order valence-corrected chi connectivity index (χ0v) is 12.4. The van der Waals surface area contributed by atoms with Gasteiger partial charge in [0, 0.05) is 11.6 Å². The van der Waals surface area contributed by atoms with Crippen LogP contribution in [0.5, 0.6) is 11.5 Å². The minimum Gasteiger partial charge on any atom is -0.497 e. The van der Waals surface area contributed by atoms with Gasteiger partial charge in [0.1, 0.15) is 11.5 Å². The van der Waals surface area contributed by atoms with E-state index in [2.05, 4.69) is 5.32 Å². The third-order valence-corrected chi connectivity index (χ3v) is 3.12. The first-order valence-corrected chi connectivity index (χ1v) is 6.89. The molecular weight excluding hydrogens is 290 g/mol. The molecule has 0 fully saturated rings. The summed E-state index contributed by atoms with van der Waals surface area (Å²) >= 11 is 5.76. The van der Waals surface area contributed by atoms with Crippen molar-refractivity contribution in [3.8, 4) is 11.5 Å². The highest BCUT2D eigenvalue weighted by Gasteiger charge is 2.03. The maximum absolute atomic E-state index is 11.6. The second-order valence-electron chi connectivity index (χ2n) is 4.37. The van der Waals surface area contributed by atoms with E-state index in [0.717, 1.165) is 17.7 Å². The molecule has 0 unspecified atom stereocenters. The van der Waals surface area contributed by atoms with Gasteiger partial charge in [0.25, 0.3) is 0 Å². The molecule has 21 heavy (non-hydrogen) atoms. The Bertz CT molecular complexity index is 581. The summed E-state index contributed by atoms with van der Waals surface area (Å²) in [5, 5.41) is 3.30. The first-order chi connectivity index (χ1) is 10.2. The van der Waals surface area contributed by atoms with E-state index in [0.29, 0.717) is 17.3 Å². The number of benzene rings is 2. The molecule has 2 rings (SSSR count). The number of rotatable bonds is 5. The summed E-state index contributed by atoms with van der Waals surface area (Å²) in [6, 6.07) is 14.3. The SMILES string of the molecule is COc1ccc(CCNC(=O)Oc2ccc(Cl)cc2)cc1. The van der Waals surface area contributed by atoms with Crippen LogP contribution in [0.15, 0.2) is 48.5 Å². The number of nitrogens with one attached hydrogen (secondary N) is 1. The number of carbonyl (C=O) groups is 1. The zero-order chi connectivity index (χ0) is 15.1. The van der Waals surface area contributed by atoms with E-state index in [4.69, 9.17) is 21.1 Å². The summed E-state index contributed by atoms with van der Waals surface area (Å²) in [4.78, 5) is 11.6. The van der Waals surface area contributed by atoms with Gasteiger partial charge in [-0.1, -0.05) is 23.7 Å². The molecule has 0 saturated heterocycles. The summed E-state index contributed by atoms with van der Waals surface area (Å²) in [6.07, 6.45) is 0.241. The van der Waals surface area contributed by atoms with Gasteiger partial charge in [-0.3, -0.25) is 0 Å². The van der Waals surface area contributed by atoms with Crippen molar-refractivity contribution in [2.75, 3.05) is 13.7 Å². The normalized spacial score (nSPS) is 10.0. The summed E-state index contributed by atoms with van der Waals surface area (Å²) in [5.74, 6) is 1.27. The fourth-order valence-corrected chi connectivity index (χ4v) is 1.87. The molecule has 0 atom stereocenters. The molecule has 110 valence electrons. The number of halogens is 1. The van der Waals surface area contributed by atoms with Gasteiger partial charge in [-0.25, -0.2) is 4.79 Å². The Hall–Kier alpha value is -2.20. The molecule has 1 N–H and O–H groups in total. The Labute approximate surface area is 128 Å². The molecule has 0 radical (unpaired) electrons. The van der Waals surface area contributed by atoms with E-state index >= 15 is 0 Å². The fourth-order valence-electron chi connectivity index (χ4n) is 1.75. The Morgan fingerprint density at radius 1 is 1.05 bits per heavy atom. The van der Waals surface area contributed by atoms with Crippen molar-refractivity contribution in [3.05, 3.63) is 59.1 Å². The first-order valence-electron chi connectivity index (χ1n) is 6.51. The average molecular weight is 306 g/mol. The van der Waals surface area contributed by atoms with E-state index in [9.17, 15) is 4.79 Å². The molecule has 5 heteroatoms. The highest BCUT2D eigenvalue weighted by atomic mass is 35.5. The highest BCUT2D eigenvalue weighted by molar-refractivity contribution is 6.30. The molecule has 0 aromatic heterocycles. The van der Waals surface area contributed by atoms with Crippen molar-refractivity contribution in [1.82, 2.24) is 5.32 Å². The number of carbonyl (C=O) groups excluding carboxylic acids is 1. The third-order valence-electron chi connectivity index (χ3n) is 2.87. The van der Waals surface area contributed by atoms with Crippen LogP contribution < -0.4 is 14.8 Å². The van der Waals surface area contributed by atoms with E-state index in [1.165, 1.54) is 0 Å². The first kappa shape index (κ1) is 15.2. The van der Waals surface area contributed by atoms with Crippen LogP contribution in [0.1, 0.15) is 5.56 Å². The number of methoxy groups -OCH3 is 1. The number of ether oxygens (including phenoxy) is 2. The van der Waals surface area contributed by atoms with Gasteiger partial charge in [-0.05, 0) is 48.4 Å². The van der Waals surface area contributed by atoms with Gasteiger partial charge < -0.3 is 14.8 Å². The van der Waals surface area contributed by atoms with E-state index in [1.807, 2.05) is 24.3 Å². The summed E-state index contributed by atoms with van der Waals surface area (Å²) in [7, 11) is 1.63. The summed E-state index contributed by atoms with van der Waals surface area (Å²) < 4.78 is 10.2. The van der Waals surface area contributed by atoms with Crippen LogP contribution in [0, 0.1) is 0 Å². The minimum absolute atomic E-state index is 0.460. The fraction of sp³-hybridized carbons (Fsp3) is 0.188. The zero-order valence-electron chi connectivity index (χ0n) is 11.6. The standard InChI is InChI=1S/C16H16ClNO3/c1-20-14-6-2-12(3-7-14)10-11-18-16(19)21-15-8-4-13(17)5-9-15/h2-9H,10-11H2,1H3,(H,18,19). The van der Waals surface area contributed by atoms with E-state index < -0.39 is 6.09 Å². The molecule has 0 saturated carbocycles. The molecule has 0 aliphatic carbocycles. The number of amides is 1. The van der Waals surface area contributed by atoms with Crippen molar-refractivity contribution in [1.29, 1.82) is 0 Å². The van der Waals surface area contributed by atoms with Crippen molar-refractivity contribution >= 4 is 17.7 Å². The largest absolute Gasteiger partial charge is 0.497 e. The third kappa shape index (κ3) is 5.00. The lowest BCUT2D eigenvalue weighted by atomic mass is 10.1. The van der Waals surface area contributed by atoms with Gasteiger partial charge in [0.2, 0.25) is 0 Å². The predicted molar refractivity (Wildman–Crippen MR) is 82.2 cm³/mol. The second kappa shape index (κ2) is 7.55. The lowest BCUT2D eigenvalue weighted by molar-refractivity contribution is 0.200. The average Bonchev–Trinajstić information content (AvgIpc) is 2.50. The predicted octanol–water partition coefficient (Wildman–Crippen LogP) is 3.68. The van der Waals surface area contributed by atoms with Crippen molar-refractivity contribution < 1.29 is 14.3 Å². The Morgan fingerprint density at radius 3 is 2.29 bits per heavy atom. The smallest absolute Gasteiger partial charge is 0.412 e. The monoisotopic (exact) mass is 305 g/mol.